The minimum absolute atomic E-state index is 0.231. The normalized spacial score (nSPS) is 12.6. The second-order valence-corrected chi connectivity index (χ2v) is 6.63. The summed E-state index contributed by atoms with van der Waals surface area (Å²) in [5, 5.41) is 9.33. The van der Waals surface area contributed by atoms with E-state index in [-0.39, 0.29) is 29.2 Å². The number of ketones is 2. The summed E-state index contributed by atoms with van der Waals surface area (Å²) < 4.78 is 1.78. The molecule has 0 amide bonds. The monoisotopic (exact) mass is 359 g/mol. The molecule has 1 aromatic heterocycles. The smallest absolute Gasteiger partial charge is 0.307 e. The Morgan fingerprint density at radius 3 is 2.15 bits per heavy atom. The molecular formula is C22H17NO4. The number of rotatable bonds is 4. The van der Waals surface area contributed by atoms with Crippen LogP contribution in [0.3, 0.4) is 0 Å². The molecule has 1 N–H and O–H groups in total. The summed E-state index contributed by atoms with van der Waals surface area (Å²) in [6, 6.07) is 16.3. The van der Waals surface area contributed by atoms with Crippen LogP contribution in [0.1, 0.15) is 48.8 Å². The summed E-state index contributed by atoms with van der Waals surface area (Å²) >= 11 is 0. The van der Waals surface area contributed by atoms with Crippen molar-refractivity contribution in [3.8, 4) is 0 Å². The van der Waals surface area contributed by atoms with Gasteiger partial charge >= 0.3 is 5.97 Å². The van der Waals surface area contributed by atoms with Gasteiger partial charge in [-0.1, -0.05) is 54.6 Å². The quantitative estimate of drug-likeness (QED) is 0.607. The van der Waals surface area contributed by atoms with Crippen molar-refractivity contribution in [1.82, 2.24) is 4.57 Å². The Balaban J connectivity index is 1.96. The van der Waals surface area contributed by atoms with Gasteiger partial charge in [-0.3, -0.25) is 14.4 Å². The van der Waals surface area contributed by atoms with E-state index in [1.54, 1.807) is 35.8 Å². The van der Waals surface area contributed by atoms with Gasteiger partial charge in [-0.25, -0.2) is 0 Å². The lowest BCUT2D eigenvalue weighted by molar-refractivity contribution is -0.136. The molecule has 0 fully saturated rings. The lowest BCUT2D eigenvalue weighted by Crippen LogP contribution is -2.24. The number of hydrogen-bond acceptors (Lipinski definition) is 3. The minimum atomic E-state index is -1.03. The number of carbonyl (C=O) groups excluding carboxylic acids is 2. The zero-order valence-electron chi connectivity index (χ0n) is 14.7. The van der Waals surface area contributed by atoms with Crippen LogP contribution in [0.4, 0.5) is 0 Å². The molecule has 1 aliphatic rings. The minimum Gasteiger partial charge on any atom is -0.481 e. The lowest BCUT2D eigenvalue weighted by Gasteiger charge is -2.18. The summed E-state index contributed by atoms with van der Waals surface area (Å²) in [5.41, 5.74) is 3.24. The van der Waals surface area contributed by atoms with Crippen LogP contribution in [0.15, 0.2) is 54.6 Å². The van der Waals surface area contributed by atoms with E-state index in [0.29, 0.717) is 28.9 Å². The molecule has 0 saturated carbocycles. The van der Waals surface area contributed by atoms with E-state index < -0.39 is 5.97 Å². The fourth-order valence-corrected chi connectivity index (χ4v) is 3.74. The summed E-state index contributed by atoms with van der Waals surface area (Å²) in [7, 11) is 0. The fourth-order valence-electron chi connectivity index (χ4n) is 3.74. The highest BCUT2D eigenvalue weighted by molar-refractivity contribution is 6.28. The average molecular weight is 359 g/mol. The molecule has 134 valence electrons. The van der Waals surface area contributed by atoms with E-state index in [1.807, 2.05) is 30.3 Å². The Morgan fingerprint density at radius 2 is 1.52 bits per heavy atom. The highest BCUT2D eigenvalue weighted by Gasteiger charge is 2.37. The molecule has 5 nitrogen and oxygen atoms in total. The third-order valence-corrected chi connectivity index (χ3v) is 5.02. The number of carboxylic acid groups (broad SMARTS) is 1. The molecular weight excluding hydrogens is 342 g/mol. The van der Waals surface area contributed by atoms with Crippen molar-refractivity contribution in [3.05, 3.63) is 93.8 Å². The second kappa shape index (κ2) is 6.36. The summed E-state index contributed by atoms with van der Waals surface area (Å²) in [4.78, 5) is 37.7. The van der Waals surface area contributed by atoms with Gasteiger partial charge in [-0.05, 0) is 18.1 Å². The van der Waals surface area contributed by atoms with Gasteiger partial charge in [0.25, 0.3) is 0 Å². The van der Waals surface area contributed by atoms with Crippen molar-refractivity contribution < 1.29 is 19.5 Å². The van der Waals surface area contributed by atoms with Crippen LogP contribution < -0.4 is 0 Å². The van der Waals surface area contributed by atoms with E-state index in [0.717, 1.165) is 5.56 Å². The first-order valence-corrected chi connectivity index (χ1v) is 8.65. The van der Waals surface area contributed by atoms with Crippen LogP contribution in [0.2, 0.25) is 0 Å². The molecule has 4 rings (SSSR count). The standard InChI is InChI=1S/C22H17NO4/c1-13-17(11-18(24)25)19-20(23(13)12-14-7-3-2-4-8-14)22(27)16-10-6-5-9-15(16)21(19)26/h2-10H,11-12H2,1H3,(H,24,25). The van der Waals surface area contributed by atoms with Gasteiger partial charge in [0, 0.05) is 23.4 Å². The van der Waals surface area contributed by atoms with Crippen molar-refractivity contribution in [1.29, 1.82) is 0 Å². The first-order chi connectivity index (χ1) is 13.0. The lowest BCUT2D eigenvalue weighted by atomic mass is 9.85. The SMILES string of the molecule is Cc1c(CC(=O)O)c2c(n1Cc1ccccc1)C(=O)c1ccccc1C2=O. The predicted octanol–water partition coefficient (Wildman–Crippen LogP) is 3.25. The number of carbonyl (C=O) groups is 3. The molecule has 1 heterocycles. The van der Waals surface area contributed by atoms with E-state index in [4.69, 9.17) is 0 Å². The first kappa shape index (κ1) is 17.0. The van der Waals surface area contributed by atoms with Gasteiger partial charge in [0.05, 0.1) is 12.0 Å². The topological polar surface area (TPSA) is 76.4 Å². The van der Waals surface area contributed by atoms with Gasteiger partial charge in [0.1, 0.15) is 5.69 Å². The summed E-state index contributed by atoms with van der Waals surface area (Å²) in [6.07, 6.45) is -0.295. The maximum absolute atomic E-state index is 13.2. The number of aliphatic carboxylic acids is 1. The Bertz CT molecular complexity index is 1090. The maximum Gasteiger partial charge on any atom is 0.307 e. The van der Waals surface area contributed by atoms with Crippen LogP contribution in [-0.4, -0.2) is 27.2 Å². The summed E-state index contributed by atoms with van der Waals surface area (Å²) in [6.45, 7) is 2.17. The Morgan fingerprint density at radius 1 is 0.926 bits per heavy atom. The third kappa shape index (κ3) is 2.68. The average Bonchev–Trinajstić information content (AvgIpc) is 2.93. The van der Waals surface area contributed by atoms with Crippen molar-refractivity contribution >= 4 is 17.5 Å². The molecule has 3 aromatic rings. The second-order valence-electron chi connectivity index (χ2n) is 6.63. The van der Waals surface area contributed by atoms with E-state index in [2.05, 4.69) is 0 Å². The molecule has 27 heavy (non-hydrogen) atoms. The number of aromatic nitrogens is 1. The number of carboxylic acids is 1. The molecule has 0 spiro atoms. The third-order valence-electron chi connectivity index (χ3n) is 5.02. The number of hydrogen-bond donors (Lipinski definition) is 1. The van der Waals surface area contributed by atoms with Crippen LogP contribution in [-0.2, 0) is 17.8 Å². The van der Waals surface area contributed by atoms with Gasteiger partial charge in [0.2, 0.25) is 5.78 Å². The number of benzene rings is 2. The molecule has 0 bridgehead atoms. The van der Waals surface area contributed by atoms with Crippen LogP contribution >= 0.6 is 0 Å². The van der Waals surface area contributed by atoms with Gasteiger partial charge in [0.15, 0.2) is 5.78 Å². The Labute approximate surface area is 155 Å². The van der Waals surface area contributed by atoms with Crippen LogP contribution in [0, 0.1) is 6.92 Å². The van der Waals surface area contributed by atoms with Crippen LogP contribution in [0.5, 0.6) is 0 Å². The van der Waals surface area contributed by atoms with Crippen molar-refractivity contribution in [2.75, 3.05) is 0 Å². The molecule has 0 aliphatic heterocycles. The molecule has 2 aromatic carbocycles. The first-order valence-electron chi connectivity index (χ1n) is 8.65. The van der Waals surface area contributed by atoms with Crippen molar-refractivity contribution in [2.45, 2.75) is 19.9 Å². The summed E-state index contributed by atoms with van der Waals surface area (Å²) in [5.74, 6) is -1.56. The van der Waals surface area contributed by atoms with Gasteiger partial charge < -0.3 is 9.67 Å². The van der Waals surface area contributed by atoms with E-state index in [9.17, 15) is 19.5 Å². The van der Waals surface area contributed by atoms with Crippen molar-refractivity contribution in [3.63, 3.8) is 0 Å². The predicted molar refractivity (Wildman–Crippen MR) is 99.4 cm³/mol. The Kier molecular flexibility index (Phi) is 4.00. The molecule has 0 unspecified atom stereocenters. The number of nitrogens with zero attached hydrogens (tertiary/aromatic N) is 1. The molecule has 0 atom stereocenters. The van der Waals surface area contributed by atoms with Crippen LogP contribution in [0.25, 0.3) is 0 Å². The van der Waals surface area contributed by atoms with Crippen molar-refractivity contribution in [2.24, 2.45) is 0 Å². The fraction of sp³-hybridized carbons (Fsp3) is 0.136. The number of fused-ring (bicyclic) bond motifs is 2. The van der Waals surface area contributed by atoms with E-state index in [1.165, 1.54) is 0 Å². The highest BCUT2D eigenvalue weighted by Crippen LogP contribution is 2.34. The molecule has 5 heteroatoms. The molecule has 0 saturated heterocycles. The van der Waals surface area contributed by atoms with E-state index >= 15 is 0 Å². The zero-order valence-corrected chi connectivity index (χ0v) is 14.7. The molecule has 1 aliphatic carbocycles. The van der Waals surface area contributed by atoms with Gasteiger partial charge in [-0.15, -0.1) is 0 Å². The zero-order chi connectivity index (χ0) is 19.1. The highest BCUT2D eigenvalue weighted by atomic mass is 16.4. The maximum atomic E-state index is 13.2. The largest absolute Gasteiger partial charge is 0.481 e. The van der Waals surface area contributed by atoms with Gasteiger partial charge in [-0.2, -0.15) is 0 Å². The molecule has 0 radical (unpaired) electrons. The Hall–Kier alpha value is -3.47.